The lowest BCUT2D eigenvalue weighted by atomic mass is 9.79. The van der Waals surface area contributed by atoms with E-state index in [4.69, 9.17) is 14.1 Å². The minimum atomic E-state index is 0.0623. The van der Waals surface area contributed by atoms with E-state index in [9.17, 15) is 0 Å². The summed E-state index contributed by atoms with van der Waals surface area (Å²) in [5.74, 6) is 0.729. The van der Waals surface area contributed by atoms with Gasteiger partial charge in [-0.2, -0.15) is 0 Å². The fourth-order valence-electron chi connectivity index (χ4n) is 3.62. The van der Waals surface area contributed by atoms with Gasteiger partial charge in [-0.1, -0.05) is 59.7 Å². The highest BCUT2D eigenvalue weighted by Gasteiger charge is 2.21. The second-order valence-corrected chi connectivity index (χ2v) is 9.79. The Labute approximate surface area is 172 Å². The number of methoxy groups -OCH3 is 1. The Morgan fingerprint density at radius 2 is 1.45 bits per heavy atom. The van der Waals surface area contributed by atoms with Gasteiger partial charge < -0.3 is 9.15 Å². The van der Waals surface area contributed by atoms with Crippen LogP contribution in [0, 0.1) is 0 Å². The number of ether oxygens (including phenoxy) is 1. The zero-order chi connectivity index (χ0) is 21.0. The number of furan rings is 1. The number of hydrogen-bond donors (Lipinski definition) is 0. The largest absolute Gasteiger partial charge is 0.493 e. The van der Waals surface area contributed by atoms with Gasteiger partial charge >= 0.3 is 0 Å². The molecule has 3 heteroatoms. The molecule has 0 aliphatic carbocycles. The van der Waals surface area contributed by atoms with E-state index >= 15 is 0 Å². The molecule has 0 radical (unpaired) electrons. The SMILES string of the molecule is COc1cccc2c1oc1nc(-c3cc(C(C)(C)C)cc(C(C)(C)C)c3)ccc12. The van der Waals surface area contributed by atoms with Gasteiger partial charge in [0.25, 0.3) is 0 Å². The number of hydrogen-bond acceptors (Lipinski definition) is 3. The summed E-state index contributed by atoms with van der Waals surface area (Å²) in [6.07, 6.45) is 0. The minimum absolute atomic E-state index is 0.0623. The molecular weight excluding hydrogens is 358 g/mol. The Balaban J connectivity index is 1.93. The molecule has 0 aliphatic heterocycles. The summed E-state index contributed by atoms with van der Waals surface area (Å²) in [6.45, 7) is 13.5. The van der Waals surface area contributed by atoms with Crippen LogP contribution in [0.1, 0.15) is 52.7 Å². The third-order valence-corrected chi connectivity index (χ3v) is 5.51. The van der Waals surface area contributed by atoms with Crippen LogP contribution in [0.5, 0.6) is 5.75 Å². The first-order chi connectivity index (χ1) is 13.6. The van der Waals surface area contributed by atoms with Crippen molar-refractivity contribution < 1.29 is 9.15 Å². The summed E-state index contributed by atoms with van der Waals surface area (Å²) >= 11 is 0. The first-order valence-electron chi connectivity index (χ1n) is 10.1. The molecule has 0 saturated carbocycles. The van der Waals surface area contributed by atoms with E-state index in [1.807, 2.05) is 18.2 Å². The average molecular weight is 388 g/mol. The number of fused-ring (bicyclic) bond motifs is 3. The second kappa shape index (κ2) is 6.62. The molecule has 2 aromatic carbocycles. The van der Waals surface area contributed by atoms with Crippen LogP contribution in [-0.4, -0.2) is 12.1 Å². The zero-order valence-electron chi connectivity index (χ0n) is 18.4. The Hall–Kier alpha value is -2.81. The molecule has 0 aliphatic rings. The molecule has 0 amide bonds. The van der Waals surface area contributed by atoms with Crippen LogP contribution in [-0.2, 0) is 10.8 Å². The van der Waals surface area contributed by atoms with Gasteiger partial charge in [-0.3, -0.25) is 0 Å². The highest BCUT2D eigenvalue weighted by atomic mass is 16.5. The Morgan fingerprint density at radius 1 is 0.793 bits per heavy atom. The van der Waals surface area contributed by atoms with Gasteiger partial charge in [0.2, 0.25) is 5.71 Å². The summed E-state index contributed by atoms with van der Waals surface area (Å²) in [5, 5.41) is 2.03. The van der Waals surface area contributed by atoms with E-state index in [0.717, 1.165) is 33.4 Å². The van der Waals surface area contributed by atoms with Crippen molar-refractivity contribution >= 4 is 22.1 Å². The van der Waals surface area contributed by atoms with Crippen molar-refractivity contribution in [1.82, 2.24) is 4.98 Å². The van der Waals surface area contributed by atoms with Gasteiger partial charge in [-0.05, 0) is 52.3 Å². The van der Waals surface area contributed by atoms with Crippen LogP contribution in [0.15, 0.2) is 52.9 Å². The molecule has 2 aromatic heterocycles. The van der Waals surface area contributed by atoms with Crippen molar-refractivity contribution in [2.75, 3.05) is 7.11 Å². The molecule has 0 atom stereocenters. The van der Waals surface area contributed by atoms with Crippen molar-refractivity contribution in [2.45, 2.75) is 52.4 Å². The number of benzene rings is 2. The van der Waals surface area contributed by atoms with Gasteiger partial charge in [0.05, 0.1) is 12.8 Å². The van der Waals surface area contributed by atoms with E-state index in [1.165, 1.54) is 11.1 Å². The summed E-state index contributed by atoms with van der Waals surface area (Å²) in [6, 6.07) is 17.0. The number of pyridine rings is 1. The molecule has 150 valence electrons. The van der Waals surface area contributed by atoms with E-state index in [-0.39, 0.29) is 10.8 Å². The molecule has 0 bridgehead atoms. The van der Waals surface area contributed by atoms with Crippen LogP contribution in [0.25, 0.3) is 33.3 Å². The molecule has 0 unspecified atom stereocenters. The summed E-state index contributed by atoms with van der Waals surface area (Å²) in [5.41, 5.74) is 6.18. The van der Waals surface area contributed by atoms with Gasteiger partial charge in [0.15, 0.2) is 11.3 Å². The number of rotatable bonds is 2. The number of nitrogens with zero attached hydrogens (tertiary/aromatic N) is 1. The molecular formula is C26H29NO2. The maximum absolute atomic E-state index is 6.10. The fourth-order valence-corrected chi connectivity index (χ4v) is 3.62. The second-order valence-electron chi connectivity index (χ2n) is 9.79. The topological polar surface area (TPSA) is 35.3 Å². The monoisotopic (exact) mass is 387 g/mol. The van der Waals surface area contributed by atoms with E-state index in [0.29, 0.717) is 5.71 Å². The summed E-state index contributed by atoms with van der Waals surface area (Å²) in [4.78, 5) is 4.88. The van der Waals surface area contributed by atoms with Crippen LogP contribution in [0.4, 0.5) is 0 Å². The van der Waals surface area contributed by atoms with Crippen molar-refractivity contribution in [3.8, 4) is 17.0 Å². The molecule has 29 heavy (non-hydrogen) atoms. The molecule has 0 saturated heterocycles. The highest BCUT2D eigenvalue weighted by Crippen LogP contribution is 2.37. The third kappa shape index (κ3) is 3.50. The molecule has 0 fully saturated rings. The maximum Gasteiger partial charge on any atom is 0.228 e. The molecule has 0 N–H and O–H groups in total. The van der Waals surface area contributed by atoms with E-state index in [2.05, 4.69) is 71.9 Å². The quantitative estimate of drug-likeness (QED) is 0.363. The summed E-state index contributed by atoms with van der Waals surface area (Å²) < 4.78 is 11.6. The first-order valence-corrected chi connectivity index (χ1v) is 10.1. The van der Waals surface area contributed by atoms with Crippen LogP contribution >= 0.6 is 0 Å². The lowest BCUT2D eigenvalue weighted by Gasteiger charge is -2.26. The Bertz CT molecular complexity index is 1170. The van der Waals surface area contributed by atoms with Crippen molar-refractivity contribution in [3.05, 3.63) is 59.7 Å². The first kappa shape index (κ1) is 19.5. The molecule has 4 rings (SSSR count). The highest BCUT2D eigenvalue weighted by molar-refractivity contribution is 6.06. The number of aromatic nitrogens is 1. The third-order valence-electron chi connectivity index (χ3n) is 5.51. The fraction of sp³-hybridized carbons (Fsp3) is 0.346. The normalized spacial score (nSPS) is 12.7. The predicted octanol–water partition coefficient (Wildman–Crippen LogP) is 7.25. The lowest BCUT2D eigenvalue weighted by Crippen LogP contribution is -2.16. The molecule has 0 spiro atoms. The van der Waals surface area contributed by atoms with Crippen LogP contribution in [0.3, 0.4) is 0 Å². The average Bonchev–Trinajstić information content (AvgIpc) is 3.04. The van der Waals surface area contributed by atoms with Gasteiger partial charge in [0, 0.05) is 16.3 Å². The Morgan fingerprint density at radius 3 is 2.03 bits per heavy atom. The lowest BCUT2D eigenvalue weighted by molar-refractivity contribution is 0.411. The van der Waals surface area contributed by atoms with Gasteiger partial charge in [0.1, 0.15) is 0 Å². The van der Waals surface area contributed by atoms with Crippen molar-refractivity contribution in [1.29, 1.82) is 0 Å². The van der Waals surface area contributed by atoms with Gasteiger partial charge in [-0.15, -0.1) is 0 Å². The molecule has 3 nitrogen and oxygen atoms in total. The maximum atomic E-state index is 6.10. The molecule has 4 aromatic rings. The van der Waals surface area contributed by atoms with E-state index < -0.39 is 0 Å². The van der Waals surface area contributed by atoms with Gasteiger partial charge in [-0.25, -0.2) is 4.98 Å². The van der Waals surface area contributed by atoms with Crippen LogP contribution in [0.2, 0.25) is 0 Å². The predicted molar refractivity (Wildman–Crippen MR) is 121 cm³/mol. The smallest absolute Gasteiger partial charge is 0.228 e. The Kier molecular flexibility index (Phi) is 4.45. The molecule has 2 heterocycles. The van der Waals surface area contributed by atoms with Crippen molar-refractivity contribution in [3.63, 3.8) is 0 Å². The summed E-state index contributed by atoms with van der Waals surface area (Å²) in [7, 11) is 1.66. The standard InChI is InChI=1S/C26H29NO2/c1-25(2,3)17-13-16(14-18(15-17)26(4,5)6)21-12-11-20-19-9-8-10-22(28-7)23(19)29-24(20)27-21/h8-15H,1-7H3. The minimum Gasteiger partial charge on any atom is -0.493 e. The van der Waals surface area contributed by atoms with Crippen LogP contribution < -0.4 is 4.74 Å². The van der Waals surface area contributed by atoms with Crippen molar-refractivity contribution in [2.24, 2.45) is 0 Å². The zero-order valence-corrected chi connectivity index (χ0v) is 18.4. The number of para-hydroxylation sites is 1. The van der Waals surface area contributed by atoms with E-state index in [1.54, 1.807) is 7.11 Å².